The van der Waals surface area contributed by atoms with Gasteiger partial charge in [0.25, 0.3) is 0 Å². The zero-order valence-electron chi connectivity index (χ0n) is 11.3. The normalized spacial score (nSPS) is 11.8. The van der Waals surface area contributed by atoms with Crippen LogP contribution in [0, 0.1) is 0 Å². The number of rotatable bonds is 5. The third-order valence-corrected chi connectivity index (χ3v) is 3.14. The van der Waals surface area contributed by atoms with Crippen molar-refractivity contribution < 1.29 is 4.79 Å². The Labute approximate surface area is 118 Å². The summed E-state index contributed by atoms with van der Waals surface area (Å²) in [4.78, 5) is 12.0. The molecular weight excluding hydrogens is 250 g/mol. The van der Waals surface area contributed by atoms with E-state index in [2.05, 4.69) is 5.32 Å². The number of carbonyl (C=O) groups excluding carboxylic acids is 1. The number of hydrogen-bond acceptors (Lipinski definition) is 3. The molecule has 0 bridgehead atoms. The molecule has 1 atom stereocenters. The lowest BCUT2D eigenvalue weighted by Crippen LogP contribution is -2.41. The average molecular weight is 269 g/mol. The highest BCUT2D eigenvalue weighted by Crippen LogP contribution is 2.09. The molecule has 2 aromatic carbocycles. The van der Waals surface area contributed by atoms with Crippen molar-refractivity contribution in [1.82, 2.24) is 5.32 Å². The Morgan fingerprint density at radius 1 is 1.05 bits per heavy atom. The van der Waals surface area contributed by atoms with Gasteiger partial charge in [-0.25, -0.2) is 0 Å². The van der Waals surface area contributed by atoms with Crippen molar-refractivity contribution in [3.8, 4) is 0 Å². The van der Waals surface area contributed by atoms with Gasteiger partial charge in [0.1, 0.15) is 0 Å². The molecule has 4 nitrogen and oxygen atoms in total. The topological polar surface area (TPSA) is 81.1 Å². The molecule has 5 N–H and O–H groups in total. The van der Waals surface area contributed by atoms with Gasteiger partial charge in [-0.1, -0.05) is 48.5 Å². The zero-order chi connectivity index (χ0) is 14.4. The summed E-state index contributed by atoms with van der Waals surface area (Å²) < 4.78 is 0. The van der Waals surface area contributed by atoms with Gasteiger partial charge < -0.3 is 16.8 Å². The lowest BCUT2D eigenvalue weighted by atomic mass is 10.1. The Morgan fingerprint density at radius 3 is 2.40 bits per heavy atom. The number of nitrogens with two attached hydrogens (primary N) is 2. The first-order valence-corrected chi connectivity index (χ1v) is 6.57. The molecule has 0 aromatic heterocycles. The molecular formula is C16H19N3O. The van der Waals surface area contributed by atoms with E-state index < -0.39 is 6.04 Å². The monoisotopic (exact) mass is 269 g/mol. The lowest BCUT2D eigenvalue weighted by molar-refractivity contribution is -0.122. The molecule has 0 fully saturated rings. The van der Waals surface area contributed by atoms with Gasteiger partial charge in [0.05, 0.1) is 6.04 Å². The molecule has 0 aliphatic heterocycles. The van der Waals surface area contributed by atoms with Gasteiger partial charge >= 0.3 is 0 Å². The van der Waals surface area contributed by atoms with Crippen LogP contribution in [0.25, 0.3) is 0 Å². The Morgan fingerprint density at radius 2 is 1.70 bits per heavy atom. The summed E-state index contributed by atoms with van der Waals surface area (Å²) in [7, 11) is 0. The van der Waals surface area contributed by atoms with Crippen LogP contribution in [-0.2, 0) is 17.8 Å². The number of carbonyl (C=O) groups is 1. The first kappa shape index (κ1) is 14.1. The Hall–Kier alpha value is -2.33. The van der Waals surface area contributed by atoms with E-state index in [0.717, 1.165) is 11.1 Å². The third kappa shape index (κ3) is 3.83. The first-order valence-electron chi connectivity index (χ1n) is 6.57. The minimum atomic E-state index is -0.553. The molecule has 0 aliphatic rings. The number of amides is 1. The Kier molecular flexibility index (Phi) is 4.74. The van der Waals surface area contributed by atoms with Crippen molar-refractivity contribution in [2.75, 3.05) is 5.73 Å². The molecule has 0 aliphatic carbocycles. The minimum Gasteiger partial charge on any atom is -0.398 e. The van der Waals surface area contributed by atoms with E-state index in [1.165, 1.54) is 0 Å². The van der Waals surface area contributed by atoms with Crippen LogP contribution in [0.15, 0.2) is 54.6 Å². The molecule has 0 spiro atoms. The van der Waals surface area contributed by atoms with Crippen molar-refractivity contribution in [2.45, 2.75) is 19.0 Å². The molecule has 2 aromatic rings. The van der Waals surface area contributed by atoms with Gasteiger partial charge in [0.2, 0.25) is 5.91 Å². The average Bonchev–Trinajstić information content (AvgIpc) is 2.47. The second-order valence-electron chi connectivity index (χ2n) is 4.71. The summed E-state index contributed by atoms with van der Waals surface area (Å²) in [5, 5.41) is 2.82. The van der Waals surface area contributed by atoms with E-state index in [9.17, 15) is 4.79 Å². The molecule has 20 heavy (non-hydrogen) atoms. The van der Waals surface area contributed by atoms with Gasteiger partial charge in [0, 0.05) is 12.2 Å². The van der Waals surface area contributed by atoms with Gasteiger partial charge in [-0.3, -0.25) is 4.79 Å². The lowest BCUT2D eigenvalue weighted by Gasteiger charge is -2.13. The highest BCUT2D eigenvalue weighted by atomic mass is 16.2. The molecule has 2 rings (SSSR count). The van der Waals surface area contributed by atoms with E-state index in [-0.39, 0.29) is 5.91 Å². The quantitative estimate of drug-likeness (QED) is 0.719. The molecule has 1 unspecified atom stereocenters. The minimum absolute atomic E-state index is 0.169. The maximum absolute atomic E-state index is 12.0. The summed E-state index contributed by atoms with van der Waals surface area (Å²) in [6.45, 7) is 0.397. The molecule has 4 heteroatoms. The third-order valence-electron chi connectivity index (χ3n) is 3.14. The van der Waals surface area contributed by atoms with Crippen LogP contribution >= 0.6 is 0 Å². The molecule has 0 saturated heterocycles. The van der Waals surface area contributed by atoms with Gasteiger partial charge in [-0.2, -0.15) is 0 Å². The number of nitrogen functional groups attached to an aromatic ring is 1. The van der Waals surface area contributed by atoms with Gasteiger partial charge in [-0.05, 0) is 23.6 Å². The van der Waals surface area contributed by atoms with E-state index in [4.69, 9.17) is 11.5 Å². The van der Waals surface area contributed by atoms with E-state index in [1.807, 2.05) is 54.6 Å². The number of para-hydroxylation sites is 1. The summed E-state index contributed by atoms with van der Waals surface area (Å²) in [6, 6.07) is 16.6. The zero-order valence-corrected chi connectivity index (χ0v) is 11.3. The predicted molar refractivity (Wildman–Crippen MR) is 80.8 cm³/mol. The van der Waals surface area contributed by atoms with Gasteiger partial charge in [-0.15, -0.1) is 0 Å². The largest absolute Gasteiger partial charge is 0.398 e. The van der Waals surface area contributed by atoms with Crippen LogP contribution in [0.4, 0.5) is 5.69 Å². The maximum atomic E-state index is 12.0. The van der Waals surface area contributed by atoms with E-state index in [1.54, 1.807) is 0 Å². The second-order valence-corrected chi connectivity index (χ2v) is 4.71. The number of nitrogens with one attached hydrogen (secondary N) is 1. The number of hydrogen-bond donors (Lipinski definition) is 3. The Balaban J connectivity index is 1.87. The van der Waals surface area contributed by atoms with E-state index in [0.29, 0.717) is 18.7 Å². The standard InChI is InChI=1S/C16H19N3O/c17-14-9-5-4-8-13(14)11-19-16(20)15(18)10-12-6-2-1-3-7-12/h1-9,15H,10-11,17-18H2,(H,19,20). The molecule has 0 saturated carbocycles. The summed E-state index contributed by atoms with van der Waals surface area (Å²) >= 11 is 0. The Bertz CT molecular complexity index is 569. The summed E-state index contributed by atoms with van der Waals surface area (Å²) in [6.07, 6.45) is 0.525. The highest BCUT2D eigenvalue weighted by Gasteiger charge is 2.13. The smallest absolute Gasteiger partial charge is 0.237 e. The molecule has 104 valence electrons. The maximum Gasteiger partial charge on any atom is 0.237 e. The predicted octanol–water partition coefficient (Wildman–Crippen LogP) is 1.45. The fourth-order valence-corrected chi connectivity index (χ4v) is 1.97. The number of anilines is 1. The van der Waals surface area contributed by atoms with Crippen molar-refractivity contribution in [3.63, 3.8) is 0 Å². The van der Waals surface area contributed by atoms with Crippen LogP contribution < -0.4 is 16.8 Å². The van der Waals surface area contributed by atoms with Crippen LogP contribution in [0.5, 0.6) is 0 Å². The fourth-order valence-electron chi connectivity index (χ4n) is 1.97. The SMILES string of the molecule is Nc1ccccc1CNC(=O)C(N)Cc1ccccc1. The molecule has 0 heterocycles. The molecule has 1 amide bonds. The fraction of sp³-hybridized carbons (Fsp3) is 0.188. The van der Waals surface area contributed by atoms with Crippen LogP contribution in [0.3, 0.4) is 0 Å². The van der Waals surface area contributed by atoms with E-state index >= 15 is 0 Å². The summed E-state index contributed by atoms with van der Waals surface area (Å²) in [5.74, 6) is -0.169. The number of benzene rings is 2. The van der Waals surface area contributed by atoms with Crippen LogP contribution in [0.2, 0.25) is 0 Å². The van der Waals surface area contributed by atoms with Crippen molar-refractivity contribution >= 4 is 11.6 Å². The van der Waals surface area contributed by atoms with Gasteiger partial charge in [0.15, 0.2) is 0 Å². The first-order chi connectivity index (χ1) is 9.66. The summed E-state index contributed by atoms with van der Waals surface area (Å²) in [5.41, 5.74) is 14.3. The van der Waals surface area contributed by atoms with Crippen LogP contribution in [0.1, 0.15) is 11.1 Å². The van der Waals surface area contributed by atoms with Crippen molar-refractivity contribution in [1.29, 1.82) is 0 Å². The van der Waals surface area contributed by atoms with Crippen molar-refractivity contribution in [2.24, 2.45) is 5.73 Å². The van der Waals surface area contributed by atoms with Crippen LogP contribution in [-0.4, -0.2) is 11.9 Å². The van der Waals surface area contributed by atoms with Crippen molar-refractivity contribution in [3.05, 3.63) is 65.7 Å². The molecule has 0 radical (unpaired) electrons. The second kappa shape index (κ2) is 6.73. The highest BCUT2D eigenvalue weighted by molar-refractivity contribution is 5.81.